The standard InChI is InChI=1S/C16H17ClFNO/c1-2-8-20-14-5-3-4-12(9-14)11-19-16-7-6-13(17)10-15(16)18/h3-7,9-10,19H,2,8,11H2,1H3. The number of hydrogen-bond donors (Lipinski definition) is 1. The van der Waals surface area contributed by atoms with Crippen LogP contribution in [0.5, 0.6) is 5.75 Å². The minimum Gasteiger partial charge on any atom is -0.494 e. The molecule has 4 heteroatoms. The minimum atomic E-state index is -0.351. The Morgan fingerprint density at radius 3 is 2.80 bits per heavy atom. The van der Waals surface area contributed by atoms with Gasteiger partial charge in [-0.2, -0.15) is 0 Å². The van der Waals surface area contributed by atoms with Crippen LogP contribution in [0.1, 0.15) is 18.9 Å². The summed E-state index contributed by atoms with van der Waals surface area (Å²) in [4.78, 5) is 0. The number of anilines is 1. The highest BCUT2D eigenvalue weighted by molar-refractivity contribution is 6.30. The summed E-state index contributed by atoms with van der Waals surface area (Å²) in [5.74, 6) is 0.485. The number of benzene rings is 2. The Balaban J connectivity index is 1.99. The first kappa shape index (κ1) is 14.7. The zero-order valence-corrected chi connectivity index (χ0v) is 12.1. The lowest BCUT2D eigenvalue weighted by Gasteiger charge is -2.10. The van der Waals surface area contributed by atoms with Crippen molar-refractivity contribution in [1.29, 1.82) is 0 Å². The molecule has 0 saturated carbocycles. The lowest BCUT2D eigenvalue weighted by Crippen LogP contribution is -2.02. The van der Waals surface area contributed by atoms with Crippen LogP contribution in [0.3, 0.4) is 0 Å². The largest absolute Gasteiger partial charge is 0.494 e. The predicted molar refractivity (Wildman–Crippen MR) is 81.0 cm³/mol. The smallest absolute Gasteiger partial charge is 0.147 e. The minimum absolute atomic E-state index is 0.351. The van der Waals surface area contributed by atoms with Crippen molar-refractivity contribution < 1.29 is 9.13 Å². The highest BCUT2D eigenvalue weighted by atomic mass is 35.5. The van der Waals surface area contributed by atoms with E-state index in [1.165, 1.54) is 6.07 Å². The van der Waals surface area contributed by atoms with E-state index in [1.54, 1.807) is 12.1 Å². The molecule has 0 saturated heterocycles. The molecule has 0 radical (unpaired) electrons. The predicted octanol–water partition coefficient (Wildman–Crippen LogP) is 4.88. The fourth-order valence-corrected chi connectivity index (χ4v) is 1.95. The third kappa shape index (κ3) is 4.14. The van der Waals surface area contributed by atoms with Gasteiger partial charge in [-0.25, -0.2) is 4.39 Å². The molecule has 2 aromatic carbocycles. The van der Waals surface area contributed by atoms with Gasteiger partial charge in [0.1, 0.15) is 11.6 Å². The van der Waals surface area contributed by atoms with Crippen molar-refractivity contribution in [1.82, 2.24) is 0 Å². The monoisotopic (exact) mass is 293 g/mol. The van der Waals surface area contributed by atoms with Gasteiger partial charge in [0.15, 0.2) is 0 Å². The van der Waals surface area contributed by atoms with E-state index in [1.807, 2.05) is 24.3 Å². The van der Waals surface area contributed by atoms with E-state index in [4.69, 9.17) is 16.3 Å². The van der Waals surface area contributed by atoms with Crippen LogP contribution in [-0.4, -0.2) is 6.61 Å². The second-order valence-corrected chi connectivity index (χ2v) is 4.91. The van der Waals surface area contributed by atoms with Gasteiger partial charge in [-0.15, -0.1) is 0 Å². The number of ether oxygens (including phenoxy) is 1. The van der Waals surface area contributed by atoms with Crippen molar-refractivity contribution in [3.8, 4) is 5.75 Å². The molecule has 0 bridgehead atoms. The molecule has 0 spiro atoms. The average molecular weight is 294 g/mol. The molecule has 0 heterocycles. The fraction of sp³-hybridized carbons (Fsp3) is 0.250. The van der Waals surface area contributed by atoms with Crippen LogP contribution in [0.2, 0.25) is 5.02 Å². The Hall–Kier alpha value is -1.74. The van der Waals surface area contributed by atoms with Crippen molar-refractivity contribution in [3.05, 3.63) is 58.9 Å². The van der Waals surface area contributed by atoms with Gasteiger partial charge in [0, 0.05) is 11.6 Å². The molecule has 0 aliphatic carbocycles. The summed E-state index contributed by atoms with van der Waals surface area (Å²) in [6.45, 7) is 3.29. The quantitative estimate of drug-likeness (QED) is 0.819. The number of nitrogens with one attached hydrogen (secondary N) is 1. The Kier molecular flexibility index (Phi) is 5.24. The van der Waals surface area contributed by atoms with Gasteiger partial charge >= 0.3 is 0 Å². The van der Waals surface area contributed by atoms with Gasteiger partial charge in [0.25, 0.3) is 0 Å². The van der Waals surface area contributed by atoms with Gasteiger partial charge < -0.3 is 10.1 Å². The Labute approximate surface area is 123 Å². The molecule has 0 aliphatic heterocycles. The maximum absolute atomic E-state index is 13.6. The van der Waals surface area contributed by atoms with E-state index in [0.29, 0.717) is 23.9 Å². The number of hydrogen-bond acceptors (Lipinski definition) is 2. The molecular weight excluding hydrogens is 277 g/mol. The van der Waals surface area contributed by atoms with Gasteiger partial charge in [-0.05, 0) is 42.3 Å². The molecule has 2 aromatic rings. The zero-order chi connectivity index (χ0) is 14.4. The SMILES string of the molecule is CCCOc1cccc(CNc2ccc(Cl)cc2F)c1. The van der Waals surface area contributed by atoms with E-state index >= 15 is 0 Å². The van der Waals surface area contributed by atoms with Crippen LogP contribution in [-0.2, 0) is 6.54 Å². The molecule has 0 atom stereocenters. The van der Waals surface area contributed by atoms with Crippen LogP contribution < -0.4 is 10.1 Å². The lowest BCUT2D eigenvalue weighted by atomic mass is 10.2. The average Bonchev–Trinajstić information content (AvgIpc) is 2.45. The highest BCUT2D eigenvalue weighted by Gasteiger charge is 2.03. The summed E-state index contributed by atoms with van der Waals surface area (Å²) in [5, 5.41) is 3.44. The maximum Gasteiger partial charge on any atom is 0.147 e. The van der Waals surface area contributed by atoms with Crippen LogP contribution in [0.4, 0.5) is 10.1 Å². The fourth-order valence-electron chi connectivity index (χ4n) is 1.80. The van der Waals surface area contributed by atoms with Crippen LogP contribution in [0.15, 0.2) is 42.5 Å². The Morgan fingerprint density at radius 2 is 2.05 bits per heavy atom. The lowest BCUT2D eigenvalue weighted by molar-refractivity contribution is 0.317. The van der Waals surface area contributed by atoms with Gasteiger partial charge in [-0.3, -0.25) is 0 Å². The van der Waals surface area contributed by atoms with E-state index < -0.39 is 0 Å². The first-order valence-corrected chi connectivity index (χ1v) is 6.97. The molecule has 106 valence electrons. The second kappa shape index (κ2) is 7.15. The number of rotatable bonds is 6. The van der Waals surface area contributed by atoms with Gasteiger partial charge in [0.2, 0.25) is 0 Å². The van der Waals surface area contributed by atoms with E-state index in [-0.39, 0.29) is 5.82 Å². The molecule has 2 rings (SSSR count). The van der Waals surface area contributed by atoms with Gasteiger partial charge in [0.05, 0.1) is 12.3 Å². The maximum atomic E-state index is 13.6. The van der Waals surface area contributed by atoms with Crippen LogP contribution in [0, 0.1) is 5.82 Å². The van der Waals surface area contributed by atoms with Crippen molar-refractivity contribution in [2.45, 2.75) is 19.9 Å². The van der Waals surface area contributed by atoms with Crippen molar-refractivity contribution in [2.75, 3.05) is 11.9 Å². The molecule has 0 aliphatic rings. The molecule has 2 nitrogen and oxygen atoms in total. The summed E-state index contributed by atoms with van der Waals surface area (Å²) < 4.78 is 19.2. The zero-order valence-electron chi connectivity index (χ0n) is 11.3. The molecule has 0 fully saturated rings. The molecule has 0 aromatic heterocycles. The third-order valence-electron chi connectivity index (χ3n) is 2.79. The topological polar surface area (TPSA) is 21.3 Å². The van der Waals surface area contributed by atoms with Crippen molar-refractivity contribution >= 4 is 17.3 Å². The van der Waals surface area contributed by atoms with Crippen LogP contribution >= 0.6 is 11.6 Å². The third-order valence-corrected chi connectivity index (χ3v) is 3.02. The Bertz CT molecular complexity index is 574. The summed E-state index contributed by atoms with van der Waals surface area (Å²) in [7, 11) is 0. The van der Waals surface area contributed by atoms with Crippen molar-refractivity contribution in [2.24, 2.45) is 0 Å². The highest BCUT2D eigenvalue weighted by Crippen LogP contribution is 2.20. The summed E-state index contributed by atoms with van der Waals surface area (Å²) in [6.07, 6.45) is 0.971. The first-order valence-electron chi connectivity index (χ1n) is 6.59. The molecule has 0 unspecified atom stereocenters. The molecular formula is C16H17ClFNO. The van der Waals surface area contributed by atoms with Gasteiger partial charge in [-0.1, -0.05) is 30.7 Å². The normalized spacial score (nSPS) is 10.3. The van der Waals surface area contributed by atoms with Crippen LogP contribution in [0.25, 0.3) is 0 Å². The van der Waals surface area contributed by atoms with E-state index in [0.717, 1.165) is 17.7 Å². The summed E-state index contributed by atoms with van der Waals surface area (Å²) in [6, 6.07) is 12.4. The molecule has 20 heavy (non-hydrogen) atoms. The van der Waals surface area contributed by atoms with E-state index in [2.05, 4.69) is 12.2 Å². The molecule has 1 N–H and O–H groups in total. The summed E-state index contributed by atoms with van der Waals surface area (Å²) >= 11 is 5.72. The first-order chi connectivity index (χ1) is 9.69. The van der Waals surface area contributed by atoms with E-state index in [9.17, 15) is 4.39 Å². The number of halogens is 2. The second-order valence-electron chi connectivity index (χ2n) is 4.47. The van der Waals surface area contributed by atoms with Crippen molar-refractivity contribution in [3.63, 3.8) is 0 Å². The summed E-state index contributed by atoms with van der Waals surface area (Å²) in [5.41, 5.74) is 1.47. The molecule has 0 amide bonds. The Morgan fingerprint density at radius 1 is 1.20 bits per heavy atom.